The van der Waals surface area contributed by atoms with Crippen molar-refractivity contribution >= 4 is 23.2 Å². The summed E-state index contributed by atoms with van der Waals surface area (Å²) in [6.45, 7) is 0.0212. The van der Waals surface area contributed by atoms with Gasteiger partial charge in [-0.2, -0.15) is 5.10 Å². The summed E-state index contributed by atoms with van der Waals surface area (Å²) in [5, 5.41) is 9.28. The van der Waals surface area contributed by atoms with Gasteiger partial charge in [-0.3, -0.25) is 4.79 Å². The third kappa shape index (κ3) is 5.04. The first kappa shape index (κ1) is 21.3. The first-order chi connectivity index (χ1) is 15.6. The molecule has 0 fully saturated rings. The van der Waals surface area contributed by atoms with Crippen LogP contribution in [0.5, 0.6) is 5.75 Å². The molecule has 0 aliphatic rings. The molecule has 2 heterocycles. The molecule has 8 heteroatoms. The lowest BCUT2D eigenvalue weighted by molar-refractivity contribution is -0.124. The second-order valence-corrected chi connectivity index (χ2v) is 7.87. The van der Waals surface area contributed by atoms with E-state index in [-0.39, 0.29) is 18.1 Å². The molecule has 4 aromatic rings. The fraction of sp³-hybridized carbons (Fsp3) is 0.125. The average molecular weight is 448 g/mol. The Labute approximate surface area is 189 Å². The number of hydrogen-bond donors (Lipinski definition) is 1. The Morgan fingerprint density at radius 3 is 2.66 bits per heavy atom. The van der Waals surface area contributed by atoms with Crippen molar-refractivity contribution in [3.63, 3.8) is 0 Å². The number of amides is 1. The molecule has 2 aromatic heterocycles. The van der Waals surface area contributed by atoms with Gasteiger partial charge in [0.1, 0.15) is 17.0 Å². The number of hydrogen-bond acceptors (Lipinski definition) is 6. The van der Waals surface area contributed by atoms with Crippen LogP contribution in [0.1, 0.15) is 15.2 Å². The molecule has 4 rings (SSSR count). The van der Waals surface area contributed by atoms with E-state index >= 15 is 0 Å². The number of esters is 1. The average Bonchev–Trinajstić information content (AvgIpc) is 3.52. The van der Waals surface area contributed by atoms with Gasteiger partial charge < -0.3 is 14.8 Å². The van der Waals surface area contributed by atoms with Gasteiger partial charge in [-0.15, -0.1) is 11.3 Å². The summed E-state index contributed by atoms with van der Waals surface area (Å²) in [7, 11) is 1.58. The van der Waals surface area contributed by atoms with Gasteiger partial charge in [0.2, 0.25) is 0 Å². The van der Waals surface area contributed by atoms with E-state index in [0.29, 0.717) is 23.6 Å². The molecular formula is C24H21N3O4S. The van der Waals surface area contributed by atoms with Crippen molar-refractivity contribution in [2.24, 2.45) is 0 Å². The number of para-hydroxylation sites is 1. The van der Waals surface area contributed by atoms with Gasteiger partial charge in [0.15, 0.2) is 6.61 Å². The van der Waals surface area contributed by atoms with E-state index in [1.807, 2.05) is 66.0 Å². The SMILES string of the molecule is COc1cccc(-c2nn(-c3ccccc3)cc2C(=O)OCC(=O)NCc2cccs2)c1. The van der Waals surface area contributed by atoms with E-state index in [1.54, 1.807) is 35.4 Å². The van der Waals surface area contributed by atoms with E-state index in [0.717, 1.165) is 10.6 Å². The summed E-state index contributed by atoms with van der Waals surface area (Å²) in [5.41, 5.74) is 2.20. The summed E-state index contributed by atoms with van der Waals surface area (Å²) < 4.78 is 12.2. The predicted octanol–water partition coefficient (Wildman–Crippen LogP) is 4.08. The quantitative estimate of drug-likeness (QED) is 0.412. The number of ether oxygens (including phenoxy) is 2. The minimum Gasteiger partial charge on any atom is -0.497 e. The van der Waals surface area contributed by atoms with Crippen LogP contribution in [0, 0.1) is 0 Å². The molecule has 1 N–H and O–H groups in total. The summed E-state index contributed by atoms with van der Waals surface area (Å²) in [5.74, 6) is -0.356. The van der Waals surface area contributed by atoms with Gasteiger partial charge in [0.05, 0.1) is 19.3 Å². The van der Waals surface area contributed by atoms with Crippen molar-refractivity contribution in [3.8, 4) is 22.7 Å². The minimum atomic E-state index is -0.628. The standard InChI is InChI=1S/C24H21N3O4S/c1-30-19-10-5-7-17(13-19)23-21(15-27(26-23)18-8-3-2-4-9-18)24(29)31-16-22(28)25-14-20-11-6-12-32-20/h2-13,15H,14,16H2,1H3,(H,25,28). The summed E-state index contributed by atoms with van der Waals surface area (Å²) in [6.07, 6.45) is 1.61. The third-order valence-electron chi connectivity index (χ3n) is 4.67. The highest BCUT2D eigenvalue weighted by Crippen LogP contribution is 2.27. The lowest BCUT2D eigenvalue weighted by Crippen LogP contribution is -2.28. The van der Waals surface area contributed by atoms with Gasteiger partial charge in [0, 0.05) is 16.6 Å². The number of carbonyl (C=O) groups excluding carboxylic acids is 2. The molecule has 1 amide bonds. The first-order valence-corrected chi connectivity index (χ1v) is 10.8. The Morgan fingerprint density at radius 2 is 1.91 bits per heavy atom. The molecule has 162 valence electrons. The van der Waals surface area contributed by atoms with Crippen LogP contribution in [-0.2, 0) is 16.1 Å². The number of thiophene rings is 1. The normalized spacial score (nSPS) is 10.5. The molecular weight excluding hydrogens is 426 g/mol. The van der Waals surface area contributed by atoms with Crippen LogP contribution < -0.4 is 10.1 Å². The molecule has 0 radical (unpaired) electrons. The Bertz CT molecular complexity index is 1200. The number of methoxy groups -OCH3 is 1. The highest BCUT2D eigenvalue weighted by atomic mass is 32.1. The second kappa shape index (κ2) is 9.93. The van der Waals surface area contributed by atoms with E-state index in [2.05, 4.69) is 10.4 Å². The lowest BCUT2D eigenvalue weighted by atomic mass is 10.1. The summed E-state index contributed by atoms with van der Waals surface area (Å²) >= 11 is 1.55. The Balaban J connectivity index is 1.54. The smallest absolute Gasteiger partial charge is 0.342 e. The Morgan fingerprint density at radius 1 is 1.06 bits per heavy atom. The van der Waals surface area contributed by atoms with Crippen LogP contribution in [0.2, 0.25) is 0 Å². The first-order valence-electron chi connectivity index (χ1n) is 9.90. The molecule has 32 heavy (non-hydrogen) atoms. The molecule has 0 spiro atoms. The van der Waals surface area contributed by atoms with Crippen molar-refractivity contribution in [2.75, 3.05) is 13.7 Å². The van der Waals surface area contributed by atoms with Gasteiger partial charge in [-0.25, -0.2) is 9.48 Å². The molecule has 0 atom stereocenters. The number of aromatic nitrogens is 2. The molecule has 0 aliphatic heterocycles. The summed E-state index contributed by atoms with van der Waals surface area (Å²) in [6, 6.07) is 20.6. The number of nitrogens with zero attached hydrogens (tertiary/aromatic N) is 2. The fourth-order valence-electron chi connectivity index (χ4n) is 3.08. The van der Waals surface area contributed by atoms with Gasteiger partial charge in [-0.05, 0) is 35.7 Å². The fourth-order valence-corrected chi connectivity index (χ4v) is 3.72. The number of benzene rings is 2. The second-order valence-electron chi connectivity index (χ2n) is 6.84. The minimum absolute atomic E-state index is 0.258. The van der Waals surface area contributed by atoms with Crippen LogP contribution in [0.4, 0.5) is 0 Å². The molecule has 0 bridgehead atoms. The highest BCUT2D eigenvalue weighted by molar-refractivity contribution is 7.09. The molecule has 0 aliphatic carbocycles. The van der Waals surface area contributed by atoms with Crippen molar-refractivity contribution in [2.45, 2.75) is 6.54 Å². The zero-order valence-electron chi connectivity index (χ0n) is 17.4. The maximum Gasteiger partial charge on any atom is 0.342 e. The third-order valence-corrected chi connectivity index (χ3v) is 5.55. The van der Waals surface area contributed by atoms with Gasteiger partial charge >= 0.3 is 5.97 Å². The summed E-state index contributed by atoms with van der Waals surface area (Å²) in [4.78, 5) is 26.0. The number of carbonyl (C=O) groups is 2. The molecule has 0 saturated carbocycles. The van der Waals surface area contributed by atoms with E-state index in [9.17, 15) is 9.59 Å². The van der Waals surface area contributed by atoms with Crippen LogP contribution in [0.15, 0.2) is 78.3 Å². The van der Waals surface area contributed by atoms with Crippen LogP contribution >= 0.6 is 11.3 Å². The van der Waals surface area contributed by atoms with E-state index in [1.165, 1.54) is 0 Å². The van der Waals surface area contributed by atoms with E-state index < -0.39 is 5.97 Å². The monoisotopic (exact) mass is 447 g/mol. The topological polar surface area (TPSA) is 82.5 Å². The number of rotatable bonds is 8. The zero-order valence-corrected chi connectivity index (χ0v) is 18.2. The van der Waals surface area contributed by atoms with Crippen molar-refractivity contribution in [1.29, 1.82) is 0 Å². The van der Waals surface area contributed by atoms with E-state index in [4.69, 9.17) is 9.47 Å². The molecule has 7 nitrogen and oxygen atoms in total. The highest BCUT2D eigenvalue weighted by Gasteiger charge is 2.21. The van der Waals surface area contributed by atoms with Crippen LogP contribution in [0.3, 0.4) is 0 Å². The van der Waals surface area contributed by atoms with Crippen LogP contribution in [-0.4, -0.2) is 35.4 Å². The van der Waals surface area contributed by atoms with Gasteiger partial charge in [-0.1, -0.05) is 36.4 Å². The van der Waals surface area contributed by atoms with Crippen molar-refractivity contribution in [3.05, 3.63) is 88.7 Å². The van der Waals surface area contributed by atoms with Crippen LogP contribution in [0.25, 0.3) is 16.9 Å². The maximum atomic E-state index is 12.9. The molecule has 2 aromatic carbocycles. The molecule has 0 unspecified atom stereocenters. The maximum absolute atomic E-state index is 12.9. The van der Waals surface area contributed by atoms with Gasteiger partial charge in [0.25, 0.3) is 5.91 Å². The predicted molar refractivity (Wildman–Crippen MR) is 122 cm³/mol. The Kier molecular flexibility index (Phi) is 6.62. The number of nitrogens with one attached hydrogen (secondary N) is 1. The van der Waals surface area contributed by atoms with Crippen molar-refractivity contribution < 1.29 is 19.1 Å². The zero-order chi connectivity index (χ0) is 22.3. The molecule has 0 saturated heterocycles. The largest absolute Gasteiger partial charge is 0.497 e. The lowest BCUT2D eigenvalue weighted by Gasteiger charge is -2.07. The Hall–Kier alpha value is -3.91. The van der Waals surface area contributed by atoms with Crippen molar-refractivity contribution in [1.82, 2.24) is 15.1 Å².